The van der Waals surface area contributed by atoms with Gasteiger partial charge in [0, 0.05) is 24.0 Å². The Hall–Kier alpha value is -3.15. The Morgan fingerprint density at radius 3 is 2.53 bits per heavy atom. The summed E-state index contributed by atoms with van der Waals surface area (Å²) in [4.78, 5) is 15.6. The quantitative estimate of drug-likeness (QED) is 0.388. The molecule has 0 saturated carbocycles. The lowest BCUT2D eigenvalue weighted by Crippen LogP contribution is -2.32. The van der Waals surface area contributed by atoms with Crippen molar-refractivity contribution in [2.24, 2.45) is 5.73 Å². The van der Waals surface area contributed by atoms with Crippen LogP contribution in [0.2, 0.25) is 0 Å². The predicted molar refractivity (Wildman–Crippen MR) is 103 cm³/mol. The zero-order chi connectivity index (χ0) is 22.3. The number of hydrogen-bond donors (Lipinski definition) is 5. The number of benzene rings is 1. The van der Waals surface area contributed by atoms with E-state index in [2.05, 4.69) is 26.9 Å². The largest absolute Gasteiger partial charge is 0.573 e. The number of carbonyl (C=O) groups is 1. The summed E-state index contributed by atoms with van der Waals surface area (Å²) in [6, 6.07) is 5.56. The molecule has 162 valence electrons. The van der Waals surface area contributed by atoms with Crippen LogP contribution in [-0.4, -0.2) is 40.6 Å². The molecule has 0 fully saturated rings. The first kappa shape index (κ1) is 23.1. The molecular formula is C19H21F3N4O4. The number of anilines is 2. The van der Waals surface area contributed by atoms with E-state index in [1.165, 1.54) is 24.4 Å². The van der Waals surface area contributed by atoms with Gasteiger partial charge in [-0.3, -0.25) is 4.79 Å². The van der Waals surface area contributed by atoms with Crippen molar-refractivity contribution in [3.05, 3.63) is 60.3 Å². The molecular weight excluding hydrogens is 405 g/mol. The van der Waals surface area contributed by atoms with Gasteiger partial charge in [0.2, 0.25) is 5.91 Å². The molecule has 0 aliphatic carbocycles. The van der Waals surface area contributed by atoms with E-state index in [0.29, 0.717) is 11.3 Å². The lowest BCUT2D eigenvalue weighted by molar-refractivity contribution is -0.274. The zero-order valence-corrected chi connectivity index (χ0v) is 15.7. The highest BCUT2D eigenvalue weighted by molar-refractivity contribution is 5.86. The molecule has 6 N–H and O–H groups in total. The van der Waals surface area contributed by atoms with Gasteiger partial charge in [-0.05, 0) is 42.0 Å². The highest BCUT2D eigenvalue weighted by Gasteiger charge is 2.31. The van der Waals surface area contributed by atoms with Crippen molar-refractivity contribution in [3.63, 3.8) is 0 Å². The van der Waals surface area contributed by atoms with E-state index in [9.17, 15) is 28.2 Å². The Morgan fingerprint density at radius 2 is 1.97 bits per heavy atom. The van der Waals surface area contributed by atoms with Gasteiger partial charge in [-0.2, -0.15) is 0 Å². The summed E-state index contributed by atoms with van der Waals surface area (Å²) in [6.45, 7) is 2.74. The van der Waals surface area contributed by atoms with Gasteiger partial charge in [-0.1, -0.05) is 6.58 Å². The minimum Gasteiger partial charge on any atom is -0.406 e. The number of nitrogens with one attached hydrogen (secondary N) is 2. The summed E-state index contributed by atoms with van der Waals surface area (Å²) >= 11 is 0. The Bertz CT molecular complexity index is 875. The van der Waals surface area contributed by atoms with Gasteiger partial charge in [0.25, 0.3) is 0 Å². The zero-order valence-electron chi connectivity index (χ0n) is 15.7. The number of nitrogens with two attached hydrogens (primary N) is 1. The third-order valence-electron chi connectivity index (χ3n) is 3.96. The molecule has 0 radical (unpaired) electrons. The van der Waals surface area contributed by atoms with Gasteiger partial charge in [-0.15, -0.1) is 13.2 Å². The first-order valence-electron chi connectivity index (χ1n) is 8.71. The number of alkyl halides is 3. The van der Waals surface area contributed by atoms with Crippen LogP contribution >= 0.6 is 0 Å². The molecule has 11 heteroatoms. The van der Waals surface area contributed by atoms with Gasteiger partial charge in [0.1, 0.15) is 17.7 Å². The number of aliphatic hydroxyl groups is 2. The van der Waals surface area contributed by atoms with Crippen molar-refractivity contribution in [2.75, 3.05) is 18.5 Å². The van der Waals surface area contributed by atoms with E-state index in [1.54, 1.807) is 0 Å². The number of ether oxygens (including phenoxy) is 1. The van der Waals surface area contributed by atoms with Crippen molar-refractivity contribution >= 4 is 17.4 Å². The molecule has 0 saturated heterocycles. The number of nitrogens with zero attached hydrogens (tertiary/aromatic N) is 1. The summed E-state index contributed by atoms with van der Waals surface area (Å²) in [5.74, 6) is -0.646. The minimum atomic E-state index is -4.80. The number of amides is 1. The van der Waals surface area contributed by atoms with Crippen molar-refractivity contribution < 1.29 is 32.9 Å². The number of hydrogen-bond acceptors (Lipinski definition) is 7. The van der Waals surface area contributed by atoms with Crippen molar-refractivity contribution in [3.8, 4) is 5.75 Å². The van der Waals surface area contributed by atoms with Gasteiger partial charge >= 0.3 is 6.36 Å². The summed E-state index contributed by atoms with van der Waals surface area (Å²) in [7, 11) is 0. The second kappa shape index (κ2) is 10.1. The number of halogens is 3. The highest BCUT2D eigenvalue weighted by atomic mass is 19.4. The van der Waals surface area contributed by atoms with Crippen LogP contribution in [0.15, 0.2) is 49.2 Å². The van der Waals surface area contributed by atoms with Crippen molar-refractivity contribution in [2.45, 2.75) is 18.5 Å². The molecule has 1 amide bonds. The third kappa shape index (κ3) is 6.44. The molecule has 1 aromatic heterocycles. The van der Waals surface area contributed by atoms with Crippen LogP contribution in [-0.2, 0) is 4.79 Å². The van der Waals surface area contributed by atoms with E-state index in [1.807, 2.05) is 0 Å². The van der Waals surface area contributed by atoms with Crippen LogP contribution in [0.1, 0.15) is 23.3 Å². The van der Waals surface area contributed by atoms with Crippen LogP contribution in [0.25, 0.3) is 0 Å². The average Bonchev–Trinajstić information content (AvgIpc) is 2.71. The number of aromatic nitrogens is 1. The molecule has 2 unspecified atom stereocenters. The maximum Gasteiger partial charge on any atom is 0.573 e. The number of rotatable bonds is 9. The van der Waals surface area contributed by atoms with E-state index in [4.69, 9.17) is 5.73 Å². The van der Waals surface area contributed by atoms with Gasteiger partial charge in [-0.25, -0.2) is 4.98 Å². The topological polar surface area (TPSA) is 130 Å². The number of pyridine rings is 1. The molecule has 1 aromatic carbocycles. The lowest BCUT2D eigenvalue weighted by atomic mass is 9.97. The number of carbonyl (C=O) groups excluding carboxylic acids is 1. The third-order valence-corrected chi connectivity index (χ3v) is 3.96. The van der Waals surface area contributed by atoms with Gasteiger partial charge in [0.05, 0.1) is 12.6 Å². The first-order chi connectivity index (χ1) is 14.1. The van der Waals surface area contributed by atoms with Crippen molar-refractivity contribution in [1.82, 2.24) is 10.3 Å². The smallest absolute Gasteiger partial charge is 0.406 e. The Labute approximate surface area is 170 Å². The Morgan fingerprint density at radius 1 is 1.30 bits per heavy atom. The highest BCUT2D eigenvalue weighted by Crippen LogP contribution is 2.31. The Balaban J connectivity index is 2.32. The lowest BCUT2D eigenvalue weighted by Gasteiger charge is -2.22. The summed E-state index contributed by atoms with van der Waals surface area (Å²) in [6.07, 6.45) is -3.62. The maximum absolute atomic E-state index is 12.3. The van der Waals surface area contributed by atoms with E-state index in [-0.39, 0.29) is 17.9 Å². The van der Waals surface area contributed by atoms with Crippen LogP contribution < -0.4 is 21.1 Å². The summed E-state index contributed by atoms with van der Waals surface area (Å²) in [5, 5.41) is 24.9. The van der Waals surface area contributed by atoms with E-state index < -0.39 is 36.8 Å². The molecule has 30 heavy (non-hydrogen) atoms. The molecule has 1 heterocycles. The van der Waals surface area contributed by atoms with Gasteiger partial charge in [0.15, 0.2) is 0 Å². The fourth-order valence-corrected chi connectivity index (χ4v) is 2.63. The van der Waals surface area contributed by atoms with Gasteiger partial charge < -0.3 is 31.3 Å². The average molecular weight is 426 g/mol. The molecule has 2 atom stereocenters. The molecule has 8 nitrogen and oxygen atoms in total. The fourth-order valence-electron chi connectivity index (χ4n) is 2.63. The van der Waals surface area contributed by atoms with Crippen molar-refractivity contribution in [1.29, 1.82) is 0 Å². The van der Waals surface area contributed by atoms with Crippen LogP contribution in [0, 0.1) is 0 Å². The van der Waals surface area contributed by atoms with E-state index >= 15 is 0 Å². The monoisotopic (exact) mass is 426 g/mol. The normalized spacial score (nSPS) is 13.3. The standard InChI is InChI=1S/C19H21F3N4O4/c1-2-16(29)25-9-14(23)17-13(15(28)10-27)7-8-24-18(17)26-11-3-5-12(6-4-11)30-19(20,21)22/h2-8,14-15,27-28H,1,9-10,23H2,(H,24,26)(H,25,29). The second-order valence-electron chi connectivity index (χ2n) is 6.11. The predicted octanol–water partition coefficient (Wildman–Crippen LogP) is 2.05. The van der Waals surface area contributed by atoms with E-state index in [0.717, 1.165) is 18.2 Å². The second-order valence-corrected chi connectivity index (χ2v) is 6.11. The first-order valence-corrected chi connectivity index (χ1v) is 8.71. The molecule has 0 bridgehead atoms. The SMILES string of the molecule is C=CC(=O)NCC(N)c1c(C(O)CO)ccnc1Nc1ccc(OC(F)(F)F)cc1. The molecule has 0 spiro atoms. The van der Waals surface area contributed by atoms with Crippen LogP contribution in [0.5, 0.6) is 5.75 Å². The molecule has 0 aliphatic rings. The summed E-state index contributed by atoms with van der Waals surface area (Å²) in [5.41, 5.74) is 7.15. The molecule has 2 rings (SSSR count). The fraction of sp³-hybridized carbons (Fsp3) is 0.263. The molecule has 2 aromatic rings. The van der Waals surface area contributed by atoms with Crippen LogP contribution in [0.3, 0.4) is 0 Å². The van der Waals surface area contributed by atoms with Crippen LogP contribution in [0.4, 0.5) is 24.7 Å². The maximum atomic E-state index is 12.3. The minimum absolute atomic E-state index is 0.0191. The number of aliphatic hydroxyl groups excluding tert-OH is 2. The summed E-state index contributed by atoms with van der Waals surface area (Å²) < 4.78 is 40.7. The molecule has 0 aliphatic heterocycles. The Kier molecular flexibility index (Phi) is 7.75.